The van der Waals surface area contributed by atoms with Gasteiger partial charge in [-0.1, -0.05) is 52.5 Å². The fraction of sp³-hybridized carbons (Fsp3) is 0.794. The minimum absolute atomic E-state index is 0.0143. The number of hydrogen-bond acceptors (Lipinski definition) is 10. The van der Waals surface area contributed by atoms with Crippen LogP contribution in [-0.2, 0) is 38.1 Å². The van der Waals surface area contributed by atoms with Crippen LogP contribution < -0.4 is 16.0 Å². The van der Waals surface area contributed by atoms with Crippen LogP contribution in [0.1, 0.15) is 91.9 Å². The van der Waals surface area contributed by atoms with E-state index in [1.807, 2.05) is 20.0 Å². The zero-order valence-electron chi connectivity index (χ0n) is 29.6. The number of ether oxygens (including phenoxy) is 4. The summed E-state index contributed by atoms with van der Waals surface area (Å²) < 4.78 is 21.4. The Labute approximate surface area is 282 Å². The van der Waals surface area contributed by atoms with Crippen molar-refractivity contribution in [3.63, 3.8) is 0 Å². The van der Waals surface area contributed by atoms with Crippen LogP contribution in [0.25, 0.3) is 0 Å². The van der Waals surface area contributed by atoms with Crippen LogP contribution in [0.5, 0.6) is 0 Å². The molecule has 0 spiro atoms. The van der Waals surface area contributed by atoms with Crippen molar-refractivity contribution in [1.29, 1.82) is 0 Å². The number of nitrogens with zero attached hydrogens (tertiary/aromatic N) is 2. The SMILES string of the molecule is C=NN(/C=C(\CCC)CCC(=O)C(C)C)CCCCC(=O)NCCOCCOCC(=O)NCCOCCOCC(=O)NCCCCC. The van der Waals surface area contributed by atoms with Gasteiger partial charge in [-0.15, -0.1) is 0 Å². The van der Waals surface area contributed by atoms with Gasteiger partial charge in [0.15, 0.2) is 0 Å². The topological polar surface area (TPSA) is 157 Å². The van der Waals surface area contributed by atoms with Crippen LogP contribution in [-0.4, -0.2) is 114 Å². The molecule has 47 heavy (non-hydrogen) atoms. The molecule has 0 aromatic rings. The third-order valence-corrected chi connectivity index (χ3v) is 6.91. The molecular formula is C34H63N5O8. The van der Waals surface area contributed by atoms with Gasteiger partial charge in [0, 0.05) is 57.9 Å². The minimum Gasteiger partial charge on any atom is -0.377 e. The minimum atomic E-state index is -0.251. The summed E-state index contributed by atoms with van der Waals surface area (Å²) in [5.74, 6) is -0.0972. The lowest BCUT2D eigenvalue weighted by Gasteiger charge is -2.17. The Bertz CT molecular complexity index is 885. The van der Waals surface area contributed by atoms with Crippen LogP contribution in [0, 0.1) is 5.92 Å². The second kappa shape index (κ2) is 31.7. The van der Waals surface area contributed by atoms with E-state index in [0.717, 1.165) is 51.4 Å². The highest BCUT2D eigenvalue weighted by Crippen LogP contribution is 2.16. The third kappa shape index (κ3) is 29.0. The van der Waals surface area contributed by atoms with Crippen molar-refractivity contribution in [2.24, 2.45) is 11.0 Å². The summed E-state index contributed by atoms with van der Waals surface area (Å²) >= 11 is 0. The van der Waals surface area contributed by atoms with Gasteiger partial charge in [0.2, 0.25) is 17.7 Å². The van der Waals surface area contributed by atoms with Crippen molar-refractivity contribution in [3.05, 3.63) is 11.8 Å². The Morgan fingerprint density at radius 1 is 0.660 bits per heavy atom. The maximum atomic E-state index is 12.1. The standard InChI is InChI=1S/C34H63N5O8/c1-6-8-10-16-36-33(42)27-46-24-23-45-21-18-38-34(43)28-47-25-22-44-20-17-37-32(41)13-9-11-19-39(35-5)26-30(12-7-2)14-15-31(40)29(3)4/h26,29H,5-25,27-28H2,1-4H3,(H,36,42)(H,37,41)(H,38,43)/b30-26+. The molecule has 0 radical (unpaired) electrons. The van der Waals surface area contributed by atoms with Gasteiger partial charge >= 0.3 is 0 Å². The number of ketones is 1. The molecule has 0 aromatic carbocycles. The summed E-state index contributed by atoms with van der Waals surface area (Å²) in [4.78, 5) is 47.5. The Hall–Kier alpha value is -2.87. The fourth-order valence-corrected chi connectivity index (χ4v) is 4.18. The summed E-state index contributed by atoms with van der Waals surface area (Å²) in [5.41, 5.74) is 1.19. The average Bonchev–Trinajstić information content (AvgIpc) is 3.05. The lowest BCUT2D eigenvalue weighted by Crippen LogP contribution is -2.31. The van der Waals surface area contributed by atoms with Gasteiger partial charge in [-0.25, -0.2) is 0 Å². The molecule has 13 nitrogen and oxygen atoms in total. The molecule has 0 rings (SSSR count). The summed E-state index contributed by atoms with van der Waals surface area (Å²) in [6.45, 7) is 15.6. The molecule has 0 aliphatic rings. The molecule has 3 amide bonds. The van der Waals surface area contributed by atoms with Gasteiger partial charge in [0.05, 0.1) is 39.6 Å². The molecule has 0 aliphatic heterocycles. The maximum Gasteiger partial charge on any atom is 0.246 e. The van der Waals surface area contributed by atoms with E-state index in [0.29, 0.717) is 72.1 Å². The largest absolute Gasteiger partial charge is 0.377 e. The van der Waals surface area contributed by atoms with Crippen LogP contribution in [0.3, 0.4) is 0 Å². The van der Waals surface area contributed by atoms with Crippen molar-refractivity contribution in [1.82, 2.24) is 21.0 Å². The fourth-order valence-electron chi connectivity index (χ4n) is 4.18. The van der Waals surface area contributed by atoms with E-state index in [1.54, 1.807) is 5.01 Å². The van der Waals surface area contributed by atoms with Crippen molar-refractivity contribution < 1.29 is 38.1 Å². The second-order valence-electron chi connectivity index (χ2n) is 11.5. The van der Waals surface area contributed by atoms with Crippen LogP contribution in [0.15, 0.2) is 16.9 Å². The third-order valence-electron chi connectivity index (χ3n) is 6.91. The molecule has 0 aromatic heterocycles. The number of hydrazone groups is 1. The van der Waals surface area contributed by atoms with E-state index >= 15 is 0 Å². The summed E-state index contributed by atoms with van der Waals surface area (Å²) in [6.07, 6.45) is 10.3. The normalized spacial score (nSPS) is 11.4. The average molecular weight is 670 g/mol. The first-order valence-electron chi connectivity index (χ1n) is 17.3. The first kappa shape index (κ1) is 44.1. The number of carbonyl (C=O) groups is 4. The first-order chi connectivity index (χ1) is 22.7. The predicted octanol–water partition coefficient (Wildman–Crippen LogP) is 3.37. The predicted molar refractivity (Wildman–Crippen MR) is 184 cm³/mol. The van der Waals surface area contributed by atoms with Gasteiger partial charge in [-0.3, -0.25) is 24.2 Å². The van der Waals surface area contributed by atoms with E-state index in [2.05, 4.69) is 41.6 Å². The zero-order chi connectivity index (χ0) is 35.0. The lowest BCUT2D eigenvalue weighted by atomic mass is 9.99. The van der Waals surface area contributed by atoms with Gasteiger partial charge in [0.1, 0.15) is 19.0 Å². The number of amides is 3. The van der Waals surface area contributed by atoms with Crippen LogP contribution in [0.2, 0.25) is 0 Å². The van der Waals surface area contributed by atoms with Crippen molar-refractivity contribution in [3.8, 4) is 0 Å². The van der Waals surface area contributed by atoms with Crippen molar-refractivity contribution >= 4 is 30.2 Å². The number of allylic oxidation sites excluding steroid dienone is 1. The number of hydrogen-bond donors (Lipinski definition) is 3. The van der Waals surface area contributed by atoms with Gasteiger partial charge in [-0.2, -0.15) is 5.10 Å². The Morgan fingerprint density at radius 2 is 1.23 bits per heavy atom. The molecule has 0 fully saturated rings. The highest BCUT2D eigenvalue weighted by Gasteiger charge is 2.10. The van der Waals surface area contributed by atoms with E-state index in [1.165, 1.54) is 5.57 Å². The summed E-state index contributed by atoms with van der Waals surface area (Å²) in [5, 5.41) is 14.2. The molecule has 0 atom stereocenters. The molecule has 13 heteroatoms. The summed E-state index contributed by atoms with van der Waals surface area (Å²) in [6, 6.07) is 0. The van der Waals surface area contributed by atoms with E-state index in [4.69, 9.17) is 18.9 Å². The second-order valence-corrected chi connectivity index (χ2v) is 11.5. The monoisotopic (exact) mass is 669 g/mol. The molecule has 0 aliphatic carbocycles. The van der Waals surface area contributed by atoms with E-state index < -0.39 is 0 Å². The Balaban J connectivity index is 3.72. The molecule has 0 saturated carbocycles. The summed E-state index contributed by atoms with van der Waals surface area (Å²) in [7, 11) is 0. The van der Waals surface area contributed by atoms with E-state index in [9.17, 15) is 19.2 Å². The molecule has 0 heterocycles. The van der Waals surface area contributed by atoms with Crippen LogP contribution in [0.4, 0.5) is 0 Å². The zero-order valence-corrected chi connectivity index (χ0v) is 29.6. The molecule has 3 N–H and O–H groups in total. The smallest absolute Gasteiger partial charge is 0.246 e. The van der Waals surface area contributed by atoms with Gasteiger partial charge in [-0.05, 0) is 32.1 Å². The highest BCUT2D eigenvalue weighted by atomic mass is 16.5. The van der Waals surface area contributed by atoms with Crippen LogP contribution >= 0.6 is 0 Å². The molecular weight excluding hydrogens is 606 g/mol. The number of nitrogens with one attached hydrogen (secondary N) is 3. The maximum absolute atomic E-state index is 12.1. The molecule has 0 saturated heterocycles. The molecule has 272 valence electrons. The quantitative estimate of drug-likeness (QED) is 0.0542. The number of Topliss-reactive ketones (excluding diaryl/α,β-unsaturated/α-hetero) is 1. The molecule has 0 bridgehead atoms. The van der Waals surface area contributed by atoms with Crippen molar-refractivity contribution in [2.75, 3.05) is 79.0 Å². The number of carbonyl (C=O) groups excluding carboxylic acids is 4. The number of rotatable bonds is 33. The Morgan fingerprint density at radius 3 is 1.79 bits per heavy atom. The highest BCUT2D eigenvalue weighted by molar-refractivity contribution is 5.80. The van der Waals surface area contributed by atoms with Gasteiger partial charge in [0.25, 0.3) is 0 Å². The number of unbranched alkanes of at least 4 members (excludes halogenated alkanes) is 3. The first-order valence-corrected chi connectivity index (χ1v) is 17.3. The Kier molecular flexibility index (Phi) is 29.8. The van der Waals surface area contributed by atoms with Gasteiger partial charge < -0.3 is 34.9 Å². The van der Waals surface area contributed by atoms with E-state index in [-0.39, 0.29) is 49.2 Å². The van der Waals surface area contributed by atoms with Crippen molar-refractivity contribution in [2.45, 2.75) is 91.9 Å². The molecule has 0 unspecified atom stereocenters. The lowest BCUT2D eigenvalue weighted by molar-refractivity contribution is -0.127.